The van der Waals surface area contributed by atoms with Crippen molar-refractivity contribution in [3.63, 3.8) is 0 Å². The number of aromatic amines is 1. The second-order valence-corrected chi connectivity index (χ2v) is 8.46. The normalized spacial score (nSPS) is 23.0. The molecule has 2 aromatic rings. The van der Waals surface area contributed by atoms with E-state index in [2.05, 4.69) is 36.6 Å². The van der Waals surface area contributed by atoms with Gasteiger partial charge in [-0.25, -0.2) is 4.98 Å². The van der Waals surface area contributed by atoms with E-state index in [1.54, 1.807) is 11.3 Å². The number of hydrogen-bond acceptors (Lipinski definition) is 4. The fraction of sp³-hybridized carbons (Fsp3) is 0.579. The molecule has 0 bridgehead atoms. The highest BCUT2D eigenvalue weighted by Gasteiger charge is 2.50. The number of thiophene rings is 1. The zero-order valence-corrected chi connectivity index (χ0v) is 15.2. The third-order valence-corrected chi connectivity index (χ3v) is 6.86. The summed E-state index contributed by atoms with van der Waals surface area (Å²) in [5.41, 5.74) is 3.60. The summed E-state index contributed by atoms with van der Waals surface area (Å²) >= 11 is 1.76. The van der Waals surface area contributed by atoms with Crippen molar-refractivity contribution < 1.29 is 4.79 Å². The number of piperidine rings is 1. The average Bonchev–Trinajstić information content (AvgIpc) is 3.14. The molecule has 0 radical (unpaired) electrons. The van der Waals surface area contributed by atoms with E-state index in [-0.39, 0.29) is 11.5 Å². The molecule has 1 N–H and O–H groups in total. The van der Waals surface area contributed by atoms with E-state index < -0.39 is 0 Å². The van der Waals surface area contributed by atoms with Gasteiger partial charge in [-0.15, -0.1) is 0 Å². The Kier molecular flexibility index (Phi) is 3.71. The van der Waals surface area contributed by atoms with Crippen LogP contribution < -0.4 is 0 Å². The first-order valence-corrected chi connectivity index (χ1v) is 10.3. The zero-order valence-electron chi connectivity index (χ0n) is 14.4. The molecule has 5 nitrogen and oxygen atoms in total. The van der Waals surface area contributed by atoms with Crippen LogP contribution in [0.4, 0.5) is 0 Å². The van der Waals surface area contributed by atoms with Gasteiger partial charge in [0, 0.05) is 44.2 Å². The van der Waals surface area contributed by atoms with Gasteiger partial charge in [-0.05, 0) is 48.1 Å². The van der Waals surface area contributed by atoms with E-state index in [4.69, 9.17) is 0 Å². The van der Waals surface area contributed by atoms with Crippen LogP contribution in [0.15, 0.2) is 23.2 Å². The number of carbonyl (C=O) groups excluding carboxylic acids is 1. The average molecular weight is 356 g/mol. The zero-order chi connectivity index (χ0) is 16.9. The molecule has 1 saturated carbocycles. The lowest BCUT2D eigenvalue weighted by Crippen LogP contribution is -2.58. The van der Waals surface area contributed by atoms with Crippen molar-refractivity contribution >= 4 is 17.2 Å². The number of likely N-dealkylation sites (tertiary alicyclic amines) is 1. The maximum absolute atomic E-state index is 13.0. The Morgan fingerprint density at radius 1 is 1.32 bits per heavy atom. The number of imidazole rings is 1. The molecular weight excluding hydrogens is 332 g/mol. The molecular formula is C19H24N4OS. The molecule has 1 aliphatic carbocycles. The summed E-state index contributed by atoms with van der Waals surface area (Å²) in [6.07, 6.45) is 6.86. The van der Waals surface area contributed by atoms with Gasteiger partial charge in [0.1, 0.15) is 0 Å². The van der Waals surface area contributed by atoms with Gasteiger partial charge in [0.2, 0.25) is 5.91 Å². The quantitative estimate of drug-likeness (QED) is 0.920. The molecule has 5 rings (SSSR count). The van der Waals surface area contributed by atoms with Crippen molar-refractivity contribution in [2.75, 3.05) is 19.6 Å². The third-order valence-electron chi connectivity index (χ3n) is 6.12. The number of fused-ring (bicyclic) bond motifs is 2. The third kappa shape index (κ3) is 2.62. The number of H-pyrrole nitrogens is 1. The van der Waals surface area contributed by atoms with Gasteiger partial charge < -0.3 is 9.88 Å². The van der Waals surface area contributed by atoms with Gasteiger partial charge in [-0.1, -0.05) is 0 Å². The summed E-state index contributed by atoms with van der Waals surface area (Å²) in [5.74, 6) is 0.654. The van der Waals surface area contributed by atoms with Crippen molar-refractivity contribution in [1.29, 1.82) is 0 Å². The van der Waals surface area contributed by atoms with Gasteiger partial charge >= 0.3 is 0 Å². The summed E-state index contributed by atoms with van der Waals surface area (Å²) in [6.45, 7) is 3.91. The van der Waals surface area contributed by atoms with Gasteiger partial charge in [0.15, 0.2) is 0 Å². The van der Waals surface area contributed by atoms with Crippen molar-refractivity contribution in [2.24, 2.45) is 5.92 Å². The fourth-order valence-corrected chi connectivity index (χ4v) is 5.24. The second kappa shape index (κ2) is 5.95. The van der Waals surface area contributed by atoms with Crippen LogP contribution in [0.25, 0.3) is 0 Å². The van der Waals surface area contributed by atoms with E-state index in [0.717, 1.165) is 64.0 Å². The fourth-order valence-electron chi connectivity index (χ4n) is 4.58. The summed E-state index contributed by atoms with van der Waals surface area (Å²) in [4.78, 5) is 25.7. The molecule has 25 heavy (non-hydrogen) atoms. The predicted octanol–water partition coefficient (Wildman–Crippen LogP) is 2.76. The van der Waals surface area contributed by atoms with Crippen LogP contribution in [0, 0.1) is 5.92 Å². The first-order chi connectivity index (χ1) is 12.3. The molecule has 0 aromatic carbocycles. The summed E-state index contributed by atoms with van der Waals surface area (Å²) in [5, 5.41) is 4.38. The number of carbonyl (C=O) groups is 1. The summed E-state index contributed by atoms with van der Waals surface area (Å²) in [7, 11) is 0. The highest BCUT2D eigenvalue weighted by molar-refractivity contribution is 7.07. The Labute approximate surface area is 152 Å². The maximum atomic E-state index is 13.0. The van der Waals surface area contributed by atoms with Crippen LogP contribution in [0.5, 0.6) is 0 Å². The van der Waals surface area contributed by atoms with Crippen molar-refractivity contribution in [3.05, 3.63) is 40.1 Å². The molecule has 3 aliphatic rings. The Bertz CT molecular complexity index is 756. The van der Waals surface area contributed by atoms with Gasteiger partial charge in [-0.2, -0.15) is 11.3 Å². The van der Waals surface area contributed by atoms with Crippen molar-refractivity contribution in [3.8, 4) is 0 Å². The lowest BCUT2D eigenvalue weighted by Gasteiger charge is -2.50. The molecule has 1 amide bonds. The molecule has 0 atom stereocenters. The molecule has 4 heterocycles. The van der Waals surface area contributed by atoms with Crippen LogP contribution in [-0.2, 0) is 23.3 Å². The molecule has 6 heteroatoms. The minimum Gasteiger partial charge on any atom is -0.348 e. The molecule has 0 unspecified atom stereocenters. The molecule has 1 spiro atoms. The lowest BCUT2D eigenvalue weighted by molar-refractivity contribution is -0.143. The number of aromatic nitrogens is 2. The van der Waals surface area contributed by atoms with E-state index in [1.165, 1.54) is 11.3 Å². The van der Waals surface area contributed by atoms with E-state index in [9.17, 15) is 4.79 Å². The van der Waals surface area contributed by atoms with Crippen LogP contribution >= 0.6 is 11.3 Å². The SMILES string of the molecule is O=C(C1CC1)N1CCc2[nH]cnc2C12CCN(Cc1ccsc1)CC2. The van der Waals surface area contributed by atoms with E-state index >= 15 is 0 Å². The van der Waals surface area contributed by atoms with Crippen molar-refractivity contribution in [1.82, 2.24) is 19.8 Å². The van der Waals surface area contributed by atoms with Gasteiger partial charge in [-0.3, -0.25) is 9.69 Å². The maximum Gasteiger partial charge on any atom is 0.226 e. The minimum atomic E-state index is -0.182. The summed E-state index contributed by atoms with van der Waals surface area (Å²) in [6, 6.07) is 2.21. The largest absolute Gasteiger partial charge is 0.348 e. The summed E-state index contributed by atoms with van der Waals surface area (Å²) < 4.78 is 0. The first-order valence-electron chi connectivity index (χ1n) is 9.34. The monoisotopic (exact) mass is 356 g/mol. The van der Waals surface area contributed by atoms with Gasteiger partial charge in [0.25, 0.3) is 0 Å². The van der Waals surface area contributed by atoms with E-state index in [1.807, 2.05) is 6.33 Å². The highest BCUT2D eigenvalue weighted by Crippen LogP contribution is 2.45. The molecule has 132 valence electrons. The number of hydrogen-bond donors (Lipinski definition) is 1. The molecule has 2 aliphatic heterocycles. The highest BCUT2D eigenvalue weighted by atomic mass is 32.1. The first kappa shape index (κ1) is 15.6. The molecule has 2 aromatic heterocycles. The predicted molar refractivity (Wildman–Crippen MR) is 97.2 cm³/mol. The minimum absolute atomic E-state index is 0.182. The van der Waals surface area contributed by atoms with Crippen LogP contribution in [0.1, 0.15) is 42.6 Å². The molecule has 2 fully saturated rings. The van der Waals surface area contributed by atoms with Crippen LogP contribution in [0.2, 0.25) is 0 Å². The standard InChI is InChI=1S/C19H24N4OS/c24-18(15-1-2-15)23-7-3-16-17(21-13-20-16)19(23)5-8-22(9-6-19)11-14-4-10-25-12-14/h4,10,12-13,15H,1-3,5-9,11H2,(H,20,21). The number of rotatable bonds is 3. The smallest absolute Gasteiger partial charge is 0.226 e. The van der Waals surface area contributed by atoms with Crippen LogP contribution in [0.3, 0.4) is 0 Å². The second-order valence-electron chi connectivity index (χ2n) is 7.68. The van der Waals surface area contributed by atoms with Crippen LogP contribution in [-0.4, -0.2) is 45.3 Å². The van der Waals surface area contributed by atoms with Crippen molar-refractivity contribution in [2.45, 2.75) is 44.2 Å². The Balaban J connectivity index is 1.40. The van der Waals surface area contributed by atoms with Gasteiger partial charge in [0.05, 0.1) is 17.6 Å². The number of amides is 1. The Morgan fingerprint density at radius 3 is 2.88 bits per heavy atom. The molecule has 1 saturated heterocycles. The topological polar surface area (TPSA) is 52.2 Å². The lowest BCUT2D eigenvalue weighted by atomic mass is 9.78. The Hall–Kier alpha value is -1.66. The number of nitrogens with one attached hydrogen (secondary N) is 1. The van der Waals surface area contributed by atoms with E-state index in [0.29, 0.717) is 5.91 Å². The number of nitrogens with zero attached hydrogens (tertiary/aromatic N) is 3. The Morgan fingerprint density at radius 2 is 2.16 bits per heavy atom.